The van der Waals surface area contributed by atoms with E-state index in [0.717, 1.165) is 31.9 Å². The molecule has 0 bridgehead atoms. The number of hydrogen-bond donors (Lipinski definition) is 0. The Hall–Kier alpha value is -4.47. The maximum atomic E-state index is 14.1. The predicted molar refractivity (Wildman–Crippen MR) is 176 cm³/mol. The zero-order valence-corrected chi connectivity index (χ0v) is 26.8. The third-order valence-electron chi connectivity index (χ3n) is 7.43. The van der Waals surface area contributed by atoms with Crippen molar-refractivity contribution in [3.05, 3.63) is 137 Å². The van der Waals surface area contributed by atoms with Crippen LogP contribution in [0.1, 0.15) is 36.6 Å². The number of aromatic nitrogens is 1. The molecule has 0 amide bonds. The summed E-state index contributed by atoms with van der Waals surface area (Å²) in [6.45, 7) is 4.16. The van der Waals surface area contributed by atoms with Crippen molar-refractivity contribution in [1.82, 2.24) is 4.57 Å². The van der Waals surface area contributed by atoms with Crippen molar-refractivity contribution in [2.24, 2.45) is 4.99 Å². The topological polar surface area (TPSA) is 79.1 Å². The van der Waals surface area contributed by atoms with Crippen LogP contribution in [0.4, 0.5) is 0 Å². The second-order valence-electron chi connectivity index (χ2n) is 10.2. The molecule has 1 atom stereocenters. The Bertz CT molecular complexity index is 2090. The zero-order valence-electron chi connectivity index (χ0n) is 24.4. The molecule has 2 heterocycles. The lowest BCUT2D eigenvalue weighted by Gasteiger charge is -2.25. The van der Waals surface area contributed by atoms with E-state index in [1.807, 2.05) is 91.0 Å². The number of fused-ring (bicyclic) bond motifs is 2. The van der Waals surface area contributed by atoms with E-state index in [9.17, 15) is 9.59 Å². The summed E-state index contributed by atoms with van der Waals surface area (Å²) in [5.74, 6) is 0.668. The summed E-state index contributed by atoms with van der Waals surface area (Å²) < 4.78 is 20.2. The number of carbonyl (C=O) groups excluding carboxylic acids is 1. The van der Waals surface area contributed by atoms with E-state index in [1.54, 1.807) is 25.5 Å². The van der Waals surface area contributed by atoms with Gasteiger partial charge in [0.15, 0.2) is 16.3 Å². The molecular weight excluding hydrogens is 640 g/mol. The molecular formula is C35H29BrN2O5S. The van der Waals surface area contributed by atoms with Crippen LogP contribution in [-0.4, -0.2) is 24.3 Å². The molecule has 1 aliphatic rings. The Morgan fingerprint density at radius 1 is 1.02 bits per heavy atom. The summed E-state index contributed by atoms with van der Waals surface area (Å²) in [6, 6.07) is 26.7. The number of hydrogen-bond acceptors (Lipinski definition) is 7. The molecule has 0 spiro atoms. The normalized spacial score (nSPS) is 14.7. The molecule has 0 aliphatic carbocycles. The van der Waals surface area contributed by atoms with Gasteiger partial charge in [-0.3, -0.25) is 9.36 Å². The molecule has 222 valence electrons. The SMILES string of the molecule is CCOC(=O)C1=C(C)N=c2s/c(=C/c3ccc(OCc4ccc(Br)cc4)c(OC)c3)c(=O)n2[C@@H]1c1cccc2ccccc12. The van der Waals surface area contributed by atoms with Gasteiger partial charge in [-0.25, -0.2) is 9.79 Å². The Labute approximate surface area is 266 Å². The summed E-state index contributed by atoms with van der Waals surface area (Å²) in [5.41, 5.74) is 3.28. The van der Waals surface area contributed by atoms with Crippen LogP contribution in [0.2, 0.25) is 0 Å². The molecule has 0 radical (unpaired) electrons. The van der Waals surface area contributed by atoms with Crippen molar-refractivity contribution in [3.63, 3.8) is 0 Å². The monoisotopic (exact) mass is 668 g/mol. The highest BCUT2D eigenvalue weighted by atomic mass is 79.9. The van der Waals surface area contributed by atoms with Crippen molar-refractivity contribution < 1.29 is 19.0 Å². The zero-order chi connectivity index (χ0) is 30.8. The van der Waals surface area contributed by atoms with E-state index in [1.165, 1.54) is 11.3 Å². The van der Waals surface area contributed by atoms with Gasteiger partial charge in [0.2, 0.25) is 0 Å². The summed E-state index contributed by atoms with van der Waals surface area (Å²) in [4.78, 5) is 32.7. The van der Waals surface area contributed by atoms with Gasteiger partial charge in [-0.15, -0.1) is 0 Å². The second-order valence-corrected chi connectivity index (χ2v) is 12.1. The van der Waals surface area contributed by atoms with E-state index >= 15 is 0 Å². The lowest BCUT2D eigenvalue weighted by molar-refractivity contribution is -0.139. The van der Waals surface area contributed by atoms with Crippen LogP contribution in [0.15, 0.2) is 110 Å². The molecule has 1 aliphatic heterocycles. The third kappa shape index (κ3) is 5.73. The molecule has 0 unspecified atom stereocenters. The number of halogens is 1. The molecule has 0 N–H and O–H groups in total. The van der Waals surface area contributed by atoms with Gasteiger partial charge in [-0.1, -0.05) is 87.9 Å². The molecule has 0 saturated heterocycles. The van der Waals surface area contributed by atoms with Crippen LogP contribution in [-0.2, 0) is 16.1 Å². The molecule has 1 aromatic heterocycles. The number of carbonyl (C=O) groups is 1. The fourth-order valence-electron chi connectivity index (χ4n) is 5.36. The summed E-state index contributed by atoms with van der Waals surface area (Å²) >= 11 is 4.73. The quantitative estimate of drug-likeness (QED) is 0.181. The molecule has 5 aromatic rings. The minimum atomic E-state index is -0.692. The number of thiazole rings is 1. The number of nitrogens with zero attached hydrogens (tertiary/aromatic N) is 2. The van der Waals surface area contributed by atoms with Crippen LogP contribution < -0.4 is 24.4 Å². The summed E-state index contributed by atoms with van der Waals surface area (Å²) in [7, 11) is 1.59. The Morgan fingerprint density at radius 2 is 1.80 bits per heavy atom. The number of rotatable bonds is 8. The smallest absolute Gasteiger partial charge is 0.338 e. The third-order valence-corrected chi connectivity index (χ3v) is 8.94. The maximum absolute atomic E-state index is 14.1. The average Bonchev–Trinajstić information content (AvgIpc) is 3.33. The van der Waals surface area contributed by atoms with Crippen LogP contribution in [0.5, 0.6) is 11.5 Å². The van der Waals surface area contributed by atoms with Crippen LogP contribution in [0.3, 0.4) is 0 Å². The van der Waals surface area contributed by atoms with Gasteiger partial charge in [0, 0.05) is 4.47 Å². The largest absolute Gasteiger partial charge is 0.493 e. The van der Waals surface area contributed by atoms with E-state index in [4.69, 9.17) is 19.2 Å². The molecule has 0 fully saturated rings. The maximum Gasteiger partial charge on any atom is 0.338 e. The molecule has 6 rings (SSSR count). The fourth-order valence-corrected chi connectivity index (χ4v) is 6.67. The van der Waals surface area contributed by atoms with Crippen LogP contribution in [0.25, 0.3) is 16.8 Å². The van der Waals surface area contributed by atoms with Gasteiger partial charge in [-0.05, 0) is 71.7 Å². The molecule has 9 heteroatoms. The highest BCUT2D eigenvalue weighted by molar-refractivity contribution is 9.10. The number of allylic oxidation sites excluding steroid dienone is 1. The molecule has 0 saturated carbocycles. The first-order valence-electron chi connectivity index (χ1n) is 14.1. The van der Waals surface area contributed by atoms with Crippen LogP contribution >= 0.6 is 27.3 Å². The van der Waals surface area contributed by atoms with Crippen molar-refractivity contribution >= 4 is 50.1 Å². The first-order chi connectivity index (χ1) is 21.4. The number of esters is 1. The fraction of sp³-hybridized carbons (Fsp3) is 0.171. The molecule has 4 aromatic carbocycles. The highest BCUT2D eigenvalue weighted by Crippen LogP contribution is 2.35. The minimum Gasteiger partial charge on any atom is -0.493 e. The van der Waals surface area contributed by atoms with Crippen molar-refractivity contribution in [2.45, 2.75) is 26.5 Å². The number of methoxy groups -OCH3 is 1. The van der Waals surface area contributed by atoms with Gasteiger partial charge in [0.1, 0.15) is 6.61 Å². The lowest BCUT2D eigenvalue weighted by Crippen LogP contribution is -2.40. The number of benzene rings is 4. The van der Waals surface area contributed by atoms with Gasteiger partial charge in [-0.2, -0.15) is 0 Å². The van der Waals surface area contributed by atoms with E-state index in [2.05, 4.69) is 15.9 Å². The Kier molecular flexibility index (Phi) is 8.50. The Morgan fingerprint density at radius 3 is 2.57 bits per heavy atom. The number of ether oxygens (including phenoxy) is 3. The standard InChI is InChI=1S/C35H29BrN2O5S/c1-4-42-34(40)31-21(2)37-35-38(32(31)27-11-7-9-24-8-5-6-10-26(24)27)33(39)30(44-35)19-23-14-17-28(29(18-23)41-3)43-20-22-12-15-25(36)16-13-22/h5-19,32H,4,20H2,1-3H3/b30-19+/t32-/m1/s1. The van der Waals surface area contributed by atoms with Gasteiger partial charge >= 0.3 is 5.97 Å². The average molecular weight is 670 g/mol. The van der Waals surface area contributed by atoms with E-state index in [-0.39, 0.29) is 12.2 Å². The van der Waals surface area contributed by atoms with Gasteiger partial charge in [0.05, 0.1) is 35.6 Å². The van der Waals surface area contributed by atoms with Crippen molar-refractivity contribution in [1.29, 1.82) is 0 Å². The first-order valence-corrected chi connectivity index (χ1v) is 15.7. The van der Waals surface area contributed by atoms with Crippen LogP contribution in [0, 0.1) is 0 Å². The lowest BCUT2D eigenvalue weighted by atomic mass is 9.91. The summed E-state index contributed by atoms with van der Waals surface area (Å²) in [6.07, 6.45) is 1.81. The molecule has 44 heavy (non-hydrogen) atoms. The van der Waals surface area contributed by atoms with E-state index < -0.39 is 12.0 Å². The highest BCUT2D eigenvalue weighted by Gasteiger charge is 2.34. The van der Waals surface area contributed by atoms with Gasteiger partial charge in [0.25, 0.3) is 5.56 Å². The molecule has 7 nitrogen and oxygen atoms in total. The predicted octanol–water partition coefficient (Wildman–Crippen LogP) is 6.30. The Balaban J connectivity index is 1.43. The van der Waals surface area contributed by atoms with Gasteiger partial charge < -0.3 is 14.2 Å². The minimum absolute atomic E-state index is 0.215. The first kappa shape index (κ1) is 29.6. The van der Waals surface area contributed by atoms with Crippen molar-refractivity contribution in [3.8, 4) is 11.5 Å². The van der Waals surface area contributed by atoms with E-state index in [0.29, 0.717) is 38.7 Å². The second kappa shape index (κ2) is 12.6. The summed E-state index contributed by atoms with van der Waals surface area (Å²) in [5, 5.41) is 1.97. The van der Waals surface area contributed by atoms with Crippen molar-refractivity contribution in [2.75, 3.05) is 13.7 Å².